The summed E-state index contributed by atoms with van der Waals surface area (Å²) in [6.45, 7) is 0. The zero-order chi connectivity index (χ0) is 9.38. The van der Waals surface area contributed by atoms with E-state index in [4.69, 9.17) is 0 Å². The summed E-state index contributed by atoms with van der Waals surface area (Å²) in [6.07, 6.45) is 17.1. The van der Waals surface area contributed by atoms with Crippen LogP contribution in [0.25, 0.3) is 0 Å². The SMILES string of the molecule is [CH-]1C2CCC1CC2.[CH-]1C2CCC1CC2.[Zn+2]. The van der Waals surface area contributed by atoms with E-state index >= 15 is 0 Å². The smallest absolute Gasteiger partial charge is 0.322 e. The third kappa shape index (κ3) is 2.84. The van der Waals surface area contributed by atoms with E-state index in [0.717, 1.165) is 23.7 Å². The maximum Gasteiger partial charge on any atom is 2.00 e. The predicted molar refractivity (Wildman–Crippen MR) is 59.5 cm³/mol. The van der Waals surface area contributed by atoms with Crippen molar-refractivity contribution < 1.29 is 19.5 Å². The third-order valence-electron chi connectivity index (χ3n) is 4.72. The maximum atomic E-state index is 2.56. The molecule has 0 atom stereocenters. The summed E-state index contributed by atoms with van der Waals surface area (Å²) in [5.41, 5.74) is 0. The van der Waals surface area contributed by atoms with Gasteiger partial charge in [-0.05, 0) is 0 Å². The van der Waals surface area contributed by atoms with Gasteiger partial charge in [-0.3, -0.25) is 0 Å². The molecular weight excluding hydrogens is 234 g/mol. The molecule has 0 N–H and O–H groups in total. The van der Waals surface area contributed by atoms with E-state index < -0.39 is 0 Å². The van der Waals surface area contributed by atoms with Gasteiger partial charge in [0.2, 0.25) is 0 Å². The van der Waals surface area contributed by atoms with Crippen LogP contribution in [-0.4, -0.2) is 0 Å². The largest absolute Gasteiger partial charge is 2.00 e. The van der Waals surface area contributed by atoms with Crippen LogP contribution in [0.3, 0.4) is 0 Å². The summed E-state index contributed by atoms with van der Waals surface area (Å²) in [7, 11) is 0. The Morgan fingerprint density at radius 3 is 0.733 bits per heavy atom. The molecule has 0 nitrogen and oxygen atoms in total. The van der Waals surface area contributed by atoms with Crippen molar-refractivity contribution in [3.8, 4) is 0 Å². The van der Waals surface area contributed by atoms with Crippen LogP contribution in [0.5, 0.6) is 0 Å². The minimum absolute atomic E-state index is 0. The number of rotatable bonds is 0. The molecule has 0 aliphatic heterocycles. The first kappa shape index (κ1) is 12.1. The van der Waals surface area contributed by atoms with Crippen LogP contribution >= 0.6 is 0 Å². The van der Waals surface area contributed by atoms with Gasteiger partial charge in [0.25, 0.3) is 0 Å². The van der Waals surface area contributed by atoms with Crippen molar-refractivity contribution in [1.82, 2.24) is 0 Å². The summed E-state index contributed by atoms with van der Waals surface area (Å²) < 4.78 is 0. The average Bonchev–Trinajstić information content (AvgIpc) is 3.01. The molecule has 0 saturated heterocycles. The van der Waals surface area contributed by atoms with Crippen LogP contribution in [0.1, 0.15) is 51.4 Å². The van der Waals surface area contributed by atoms with E-state index in [1.165, 1.54) is 51.4 Å². The zero-order valence-corrected chi connectivity index (χ0v) is 12.8. The predicted octanol–water partition coefficient (Wildman–Crippen LogP) is 4.02. The Hall–Kier alpha value is 0.623. The minimum atomic E-state index is 0. The van der Waals surface area contributed by atoms with Crippen molar-refractivity contribution in [1.29, 1.82) is 0 Å². The fourth-order valence-electron chi connectivity index (χ4n) is 3.83. The molecule has 80 valence electrons. The molecule has 0 radical (unpaired) electrons. The van der Waals surface area contributed by atoms with Gasteiger partial charge in [-0.15, -0.1) is 0 Å². The van der Waals surface area contributed by atoms with Crippen molar-refractivity contribution in [2.24, 2.45) is 23.7 Å². The van der Waals surface area contributed by atoms with Crippen molar-refractivity contribution in [2.75, 3.05) is 0 Å². The first-order valence-corrected chi connectivity index (χ1v) is 6.60. The Bertz CT molecular complexity index is 144. The first-order valence-electron chi connectivity index (χ1n) is 6.60. The molecule has 4 fully saturated rings. The van der Waals surface area contributed by atoms with Crippen LogP contribution in [0.2, 0.25) is 0 Å². The molecular formula is C14H22Zn. The summed E-state index contributed by atoms with van der Waals surface area (Å²) in [5.74, 6) is 4.19. The van der Waals surface area contributed by atoms with Crippen LogP contribution in [-0.2, 0) is 19.5 Å². The van der Waals surface area contributed by atoms with Gasteiger partial charge >= 0.3 is 19.5 Å². The maximum absolute atomic E-state index is 2.56. The summed E-state index contributed by atoms with van der Waals surface area (Å²) in [6, 6.07) is 0. The van der Waals surface area contributed by atoms with E-state index in [9.17, 15) is 0 Å². The van der Waals surface area contributed by atoms with Crippen molar-refractivity contribution in [2.45, 2.75) is 51.4 Å². The van der Waals surface area contributed by atoms with E-state index in [0.29, 0.717) is 0 Å². The summed E-state index contributed by atoms with van der Waals surface area (Å²) in [5, 5.41) is 0. The Morgan fingerprint density at radius 2 is 0.667 bits per heavy atom. The molecule has 0 aromatic rings. The van der Waals surface area contributed by atoms with E-state index in [-0.39, 0.29) is 19.5 Å². The Kier molecular flexibility index (Phi) is 4.27. The van der Waals surface area contributed by atoms with Crippen molar-refractivity contribution in [3.63, 3.8) is 0 Å². The monoisotopic (exact) mass is 254 g/mol. The first-order chi connectivity index (χ1) is 6.90. The fourth-order valence-corrected chi connectivity index (χ4v) is 3.83. The normalized spacial score (nSPS) is 44.8. The van der Waals surface area contributed by atoms with Crippen LogP contribution in [0, 0.1) is 36.5 Å². The van der Waals surface area contributed by atoms with Crippen LogP contribution in [0.4, 0.5) is 0 Å². The van der Waals surface area contributed by atoms with E-state index in [1.54, 1.807) is 0 Å². The fraction of sp³-hybridized carbons (Fsp3) is 0.857. The number of fused-ring (bicyclic) bond motifs is 4. The second-order valence-corrected chi connectivity index (χ2v) is 5.73. The molecule has 0 aromatic carbocycles. The second kappa shape index (κ2) is 5.30. The molecule has 0 amide bonds. The third-order valence-corrected chi connectivity index (χ3v) is 4.72. The van der Waals surface area contributed by atoms with Gasteiger partial charge < -0.3 is 12.8 Å². The van der Waals surface area contributed by atoms with E-state index in [1.807, 2.05) is 0 Å². The van der Waals surface area contributed by atoms with Gasteiger partial charge in [0.05, 0.1) is 0 Å². The Labute approximate surface area is 107 Å². The van der Waals surface area contributed by atoms with Gasteiger partial charge in [-0.1, -0.05) is 51.4 Å². The molecule has 4 aliphatic rings. The molecule has 0 unspecified atom stereocenters. The Morgan fingerprint density at radius 1 is 0.467 bits per heavy atom. The summed E-state index contributed by atoms with van der Waals surface area (Å²) >= 11 is 0. The Balaban J connectivity index is 0.000000107. The minimum Gasteiger partial charge on any atom is -0.322 e. The second-order valence-electron chi connectivity index (χ2n) is 5.73. The molecule has 0 aromatic heterocycles. The van der Waals surface area contributed by atoms with Gasteiger partial charge in [-0.2, -0.15) is 23.7 Å². The zero-order valence-electron chi connectivity index (χ0n) is 9.83. The standard InChI is InChI=1S/2C7H11.Zn/c2*1-2-7-4-3-6(1)5-7;/h2*5-7H,1-4H2;/q2*-1;+2. The number of hydrogen-bond donors (Lipinski definition) is 0. The van der Waals surface area contributed by atoms with Gasteiger partial charge in [0.1, 0.15) is 0 Å². The summed E-state index contributed by atoms with van der Waals surface area (Å²) in [4.78, 5) is 0. The molecule has 15 heavy (non-hydrogen) atoms. The molecule has 4 saturated carbocycles. The van der Waals surface area contributed by atoms with Crippen molar-refractivity contribution >= 4 is 0 Å². The topological polar surface area (TPSA) is 0 Å². The molecule has 0 spiro atoms. The molecule has 4 bridgehead atoms. The van der Waals surface area contributed by atoms with Gasteiger partial charge in [-0.25, -0.2) is 0 Å². The molecule has 4 aliphatic carbocycles. The van der Waals surface area contributed by atoms with Crippen LogP contribution < -0.4 is 0 Å². The molecule has 1 heteroatoms. The van der Waals surface area contributed by atoms with Gasteiger partial charge in [0.15, 0.2) is 0 Å². The molecule has 4 rings (SSSR count). The quantitative estimate of drug-likeness (QED) is 0.453. The van der Waals surface area contributed by atoms with Gasteiger partial charge in [0, 0.05) is 0 Å². The average molecular weight is 256 g/mol. The van der Waals surface area contributed by atoms with E-state index in [2.05, 4.69) is 12.8 Å². The van der Waals surface area contributed by atoms with Crippen molar-refractivity contribution in [3.05, 3.63) is 12.8 Å². The number of hydrogen-bond acceptors (Lipinski definition) is 0. The molecule has 0 heterocycles. The van der Waals surface area contributed by atoms with Crippen LogP contribution in [0.15, 0.2) is 0 Å².